The van der Waals surface area contributed by atoms with Crippen molar-refractivity contribution in [2.75, 3.05) is 18.0 Å². The van der Waals surface area contributed by atoms with Crippen molar-refractivity contribution in [2.45, 2.75) is 33.6 Å². The number of ketones is 1. The maximum Gasteiger partial charge on any atom is 0.203 e. The molecule has 0 fully saturated rings. The quantitative estimate of drug-likeness (QED) is 0.364. The molecule has 0 aromatic heterocycles. The Morgan fingerprint density at radius 2 is 1.73 bits per heavy atom. The summed E-state index contributed by atoms with van der Waals surface area (Å²) in [5.74, 6) is -0.237. The van der Waals surface area contributed by atoms with Crippen LogP contribution in [0.15, 0.2) is 54.1 Å². The molecule has 26 heavy (non-hydrogen) atoms. The molecule has 0 heterocycles. The Balaban J connectivity index is 2.24. The number of hydrogen-bond acceptors (Lipinski definition) is 3. The molecule has 0 N–H and O–H groups in total. The van der Waals surface area contributed by atoms with Crippen molar-refractivity contribution < 1.29 is 4.79 Å². The second-order valence-electron chi connectivity index (χ2n) is 6.45. The summed E-state index contributed by atoms with van der Waals surface area (Å²) in [6.07, 6.45) is 3.87. The van der Waals surface area contributed by atoms with Gasteiger partial charge >= 0.3 is 0 Å². The molecule has 3 heteroatoms. The number of carbonyl (C=O) groups is 1. The number of anilines is 1. The Kier molecular flexibility index (Phi) is 7.17. The number of allylic oxidation sites excluding steroid dienone is 1. The lowest BCUT2D eigenvalue weighted by molar-refractivity contribution is 0.104. The summed E-state index contributed by atoms with van der Waals surface area (Å²) < 4.78 is 0. The lowest BCUT2D eigenvalue weighted by Crippen LogP contribution is -2.24. The zero-order valence-corrected chi connectivity index (χ0v) is 15.8. The fraction of sp³-hybridized carbons (Fsp3) is 0.304. The SMILES string of the molecule is CCCN(CCC)c1ccc(/C=C(\C#N)C(=O)c2cccc(C)c2)cc1. The molecular weight excluding hydrogens is 320 g/mol. The van der Waals surface area contributed by atoms with Gasteiger partial charge < -0.3 is 4.90 Å². The van der Waals surface area contributed by atoms with E-state index < -0.39 is 0 Å². The number of benzene rings is 2. The van der Waals surface area contributed by atoms with Gasteiger partial charge in [-0.2, -0.15) is 5.26 Å². The molecule has 2 aromatic rings. The third-order valence-electron chi connectivity index (χ3n) is 4.20. The molecule has 134 valence electrons. The zero-order valence-electron chi connectivity index (χ0n) is 15.8. The summed E-state index contributed by atoms with van der Waals surface area (Å²) in [4.78, 5) is 14.9. The molecule has 0 radical (unpaired) electrons. The smallest absolute Gasteiger partial charge is 0.203 e. The standard InChI is InChI=1S/C23H26N2O/c1-4-13-25(14-5-2)22-11-9-19(10-12-22)16-21(17-24)23(26)20-8-6-7-18(3)15-20/h6-12,15-16H,4-5,13-14H2,1-3H3/b21-16+. The second-order valence-corrected chi connectivity index (χ2v) is 6.45. The van der Waals surface area contributed by atoms with E-state index in [1.54, 1.807) is 12.1 Å². The molecule has 0 saturated carbocycles. The highest BCUT2D eigenvalue weighted by Gasteiger charge is 2.12. The van der Waals surface area contributed by atoms with E-state index in [2.05, 4.69) is 30.9 Å². The summed E-state index contributed by atoms with van der Waals surface area (Å²) in [5, 5.41) is 9.42. The maximum atomic E-state index is 12.6. The highest BCUT2D eigenvalue weighted by Crippen LogP contribution is 2.19. The third-order valence-corrected chi connectivity index (χ3v) is 4.20. The molecule has 3 nitrogen and oxygen atoms in total. The Bertz CT molecular complexity index is 807. The summed E-state index contributed by atoms with van der Waals surface area (Å²) in [6.45, 7) is 8.34. The van der Waals surface area contributed by atoms with Crippen molar-refractivity contribution in [3.63, 3.8) is 0 Å². The topological polar surface area (TPSA) is 44.1 Å². The molecule has 0 atom stereocenters. The first kappa shape index (κ1) is 19.5. The van der Waals surface area contributed by atoms with Crippen molar-refractivity contribution >= 4 is 17.5 Å². The van der Waals surface area contributed by atoms with E-state index in [9.17, 15) is 10.1 Å². The van der Waals surface area contributed by atoms with Crippen LogP contribution in [0.25, 0.3) is 6.08 Å². The van der Waals surface area contributed by atoms with Crippen LogP contribution in [0.3, 0.4) is 0 Å². The van der Waals surface area contributed by atoms with Crippen molar-refractivity contribution in [1.29, 1.82) is 5.26 Å². The summed E-state index contributed by atoms with van der Waals surface area (Å²) in [7, 11) is 0. The minimum absolute atomic E-state index is 0.155. The van der Waals surface area contributed by atoms with Crippen LogP contribution in [-0.4, -0.2) is 18.9 Å². The normalized spacial score (nSPS) is 11.1. The molecular formula is C23H26N2O. The van der Waals surface area contributed by atoms with E-state index in [-0.39, 0.29) is 11.4 Å². The van der Waals surface area contributed by atoms with Gasteiger partial charge in [0.1, 0.15) is 11.6 Å². The van der Waals surface area contributed by atoms with Crippen LogP contribution in [-0.2, 0) is 0 Å². The average molecular weight is 346 g/mol. The minimum atomic E-state index is -0.237. The predicted octanol–water partition coefficient (Wildman–Crippen LogP) is 5.41. The van der Waals surface area contributed by atoms with Crippen LogP contribution in [0, 0.1) is 18.3 Å². The van der Waals surface area contributed by atoms with Crippen molar-refractivity contribution in [1.82, 2.24) is 0 Å². The largest absolute Gasteiger partial charge is 0.372 e. The van der Waals surface area contributed by atoms with Gasteiger partial charge in [0.15, 0.2) is 0 Å². The molecule has 0 bridgehead atoms. The van der Waals surface area contributed by atoms with Crippen molar-refractivity contribution in [2.24, 2.45) is 0 Å². The monoisotopic (exact) mass is 346 g/mol. The second kappa shape index (κ2) is 9.58. The number of aryl methyl sites for hydroxylation is 1. The van der Waals surface area contributed by atoms with Gasteiger partial charge in [0.25, 0.3) is 0 Å². The zero-order chi connectivity index (χ0) is 18.9. The third kappa shape index (κ3) is 5.07. The maximum absolute atomic E-state index is 12.6. The Labute approximate surface area is 156 Å². The first-order chi connectivity index (χ1) is 12.6. The average Bonchev–Trinajstić information content (AvgIpc) is 2.66. The number of rotatable bonds is 8. The van der Waals surface area contributed by atoms with Gasteiger partial charge in [-0.05, 0) is 49.6 Å². The van der Waals surface area contributed by atoms with Crippen LogP contribution in [0.5, 0.6) is 0 Å². The van der Waals surface area contributed by atoms with Crippen LogP contribution in [0.1, 0.15) is 48.2 Å². The van der Waals surface area contributed by atoms with Gasteiger partial charge in [-0.1, -0.05) is 49.7 Å². The summed E-state index contributed by atoms with van der Waals surface area (Å²) in [5.41, 5.74) is 3.74. The molecule has 0 aliphatic carbocycles. The molecule has 0 aliphatic rings. The summed E-state index contributed by atoms with van der Waals surface area (Å²) >= 11 is 0. The Morgan fingerprint density at radius 3 is 2.27 bits per heavy atom. The fourth-order valence-corrected chi connectivity index (χ4v) is 2.95. The van der Waals surface area contributed by atoms with Gasteiger partial charge in [-0.15, -0.1) is 0 Å². The number of carbonyl (C=O) groups excluding carboxylic acids is 1. The molecule has 0 spiro atoms. The summed E-state index contributed by atoms with van der Waals surface area (Å²) in [6, 6.07) is 17.4. The van der Waals surface area contributed by atoms with E-state index in [0.717, 1.165) is 37.1 Å². The number of Topliss-reactive ketones (excluding diaryl/α,β-unsaturated/α-hetero) is 1. The first-order valence-electron chi connectivity index (χ1n) is 9.17. The molecule has 0 saturated heterocycles. The highest BCUT2D eigenvalue weighted by molar-refractivity contribution is 6.14. The Hall–Kier alpha value is -2.86. The van der Waals surface area contributed by atoms with E-state index in [1.807, 2.05) is 43.3 Å². The van der Waals surface area contributed by atoms with E-state index >= 15 is 0 Å². The molecule has 2 rings (SSSR count). The van der Waals surface area contributed by atoms with Crippen LogP contribution in [0.4, 0.5) is 5.69 Å². The van der Waals surface area contributed by atoms with E-state index in [1.165, 1.54) is 5.69 Å². The molecule has 0 unspecified atom stereocenters. The number of hydrogen-bond donors (Lipinski definition) is 0. The molecule has 2 aromatic carbocycles. The van der Waals surface area contributed by atoms with E-state index in [0.29, 0.717) is 5.56 Å². The predicted molar refractivity (Wildman–Crippen MR) is 108 cm³/mol. The van der Waals surface area contributed by atoms with Crippen molar-refractivity contribution in [3.8, 4) is 6.07 Å². The highest BCUT2D eigenvalue weighted by atomic mass is 16.1. The van der Waals surface area contributed by atoms with Gasteiger partial charge in [-0.3, -0.25) is 4.79 Å². The number of nitrogens with zero attached hydrogens (tertiary/aromatic N) is 2. The van der Waals surface area contributed by atoms with Crippen molar-refractivity contribution in [3.05, 3.63) is 70.8 Å². The Morgan fingerprint density at radius 1 is 1.08 bits per heavy atom. The minimum Gasteiger partial charge on any atom is -0.372 e. The lowest BCUT2D eigenvalue weighted by atomic mass is 10.0. The fourth-order valence-electron chi connectivity index (χ4n) is 2.95. The van der Waals surface area contributed by atoms with E-state index in [4.69, 9.17) is 0 Å². The van der Waals surface area contributed by atoms with Gasteiger partial charge in [0.2, 0.25) is 5.78 Å². The van der Waals surface area contributed by atoms with Gasteiger partial charge in [-0.25, -0.2) is 0 Å². The first-order valence-corrected chi connectivity index (χ1v) is 9.17. The molecule has 0 amide bonds. The lowest BCUT2D eigenvalue weighted by Gasteiger charge is -2.23. The van der Waals surface area contributed by atoms with Crippen LogP contribution >= 0.6 is 0 Å². The van der Waals surface area contributed by atoms with Crippen LogP contribution in [0.2, 0.25) is 0 Å². The van der Waals surface area contributed by atoms with Crippen LogP contribution < -0.4 is 4.90 Å². The van der Waals surface area contributed by atoms with Gasteiger partial charge in [0.05, 0.1) is 0 Å². The number of nitriles is 1. The molecule has 0 aliphatic heterocycles. The van der Waals surface area contributed by atoms with Gasteiger partial charge in [0, 0.05) is 24.3 Å².